The van der Waals surface area contributed by atoms with Crippen molar-refractivity contribution >= 4 is 5.82 Å². The molecule has 1 unspecified atom stereocenters. The number of β-amino-alcohol motifs (C(OH)–C–C–N with tert-alkyl or cyclic N) is 1. The maximum Gasteiger partial charge on any atom is 0.150 e. The highest BCUT2D eigenvalue weighted by Crippen LogP contribution is 2.20. The summed E-state index contributed by atoms with van der Waals surface area (Å²) in [6.07, 6.45) is 2.47. The minimum Gasteiger partial charge on any atom is -0.395 e. The largest absolute Gasteiger partial charge is 0.395 e. The van der Waals surface area contributed by atoms with E-state index in [0.717, 1.165) is 37.7 Å². The Labute approximate surface area is 128 Å². The number of rotatable bonds is 6. The van der Waals surface area contributed by atoms with Gasteiger partial charge in [-0.3, -0.25) is 0 Å². The van der Waals surface area contributed by atoms with E-state index in [1.807, 2.05) is 0 Å². The number of anilines is 1. The minimum absolute atomic E-state index is 0.255. The van der Waals surface area contributed by atoms with Crippen LogP contribution in [-0.2, 0) is 0 Å². The standard InChI is InChI=1S/C16H28N4O/c1-13(2)15-6-7-16(18-17-15)19(3)11-14-5-4-8-20(12-14)9-10-21/h6-7,13-14,21H,4-5,8-12H2,1-3H3. The average molecular weight is 292 g/mol. The van der Waals surface area contributed by atoms with E-state index in [9.17, 15) is 0 Å². The maximum absolute atomic E-state index is 9.07. The first kappa shape index (κ1) is 16.2. The number of likely N-dealkylation sites (tertiary alicyclic amines) is 1. The summed E-state index contributed by atoms with van der Waals surface area (Å²) in [6, 6.07) is 4.14. The second-order valence-electron chi connectivity index (χ2n) is 6.38. The summed E-state index contributed by atoms with van der Waals surface area (Å²) in [7, 11) is 2.09. The van der Waals surface area contributed by atoms with Gasteiger partial charge in [0.2, 0.25) is 0 Å². The third kappa shape index (κ3) is 4.64. The zero-order valence-electron chi connectivity index (χ0n) is 13.5. The van der Waals surface area contributed by atoms with Gasteiger partial charge in [0.25, 0.3) is 0 Å². The molecule has 1 atom stereocenters. The van der Waals surface area contributed by atoms with Crippen LogP contribution < -0.4 is 4.90 Å². The Morgan fingerprint density at radius 2 is 2.19 bits per heavy atom. The molecule has 5 heteroatoms. The Kier molecular flexibility index (Phi) is 5.94. The molecule has 5 nitrogen and oxygen atoms in total. The summed E-state index contributed by atoms with van der Waals surface area (Å²) in [4.78, 5) is 4.56. The van der Waals surface area contributed by atoms with Gasteiger partial charge >= 0.3 is 0 Å². The SMILES string of the molecule is CC(C)c1ccc(N(C)CC2CCCN(CCO)C2)nn1. The molecule has 1 aliphatic rings. The van der Waals surface area contributed by atoms with E-state index in [1.165, 1.54) is 12.8 Å². The van der Waals surface area contributed by atoms with Gasteiger partial charge in [-0.1, -0.05) is 13.8 Å². The summed E-state index contributed by atoms with van der Waals surface area (Å²) in [5, 5.41) is 17.7. The zero-order chi connectivity index (χ0) is 15.2. The van der Waals surface area contributed by atoms with Crippen LogP contribution in [0.25, 0.3) is 0 Å². The maximum atomic E-state index is 9.07. The van der Waals surface area contributed by atoms with Crippen LogP contribution in [0.2, 0.25) is 0 Å². The monoisotopic (exact) mass is 292 g/mol. The van der Waals surface area contributed by atoms with Crippen molar-refractivity contribution in [1.29, 1.82) is 0 Å². The van der Waals surface area contributed by atoms with Gasteiger partial charge in [0.05, 0.1) is 12.3 Å². The third-order valence-electron chi connectivity index (χ3n) is 4.21. The predicted octanol–water partition coefficient (Wildman–Crippen LogP) is 1.74. The molecule has 0 radical (unpaired) electrons. The molecule has 1 fully saturated rings. The normalized spacial score (nSPS) is 20.0. The number of nitrogens with zero attached hydrogens (tertiary/aromatic N) is 4. The molecule has 21 heavy (non-hydrogen) atoms. The summed E-state index contributed by atoms with van der Waals surface area (Å²) in [5.41, 5.74) is 1.04. The molecule has 0 saturated carbocycles. The van der Waals surface area contributed by atoms with Gasteiger partial charge in [0, 0.05) is 26.7 Å². The van der Waals surface area contributed by atoms with Crippen LogP contribution in [0.15, 0.2) is 12.1 Å². The summed E-state index contributed by atoms with van der Waals surface area (Å²) >= 11 is 0. The summed E-state index contributed by atoms with van der Waals surface area (Å²) in [5.74, 6) is 2.00. The Morgan fingerprint density at radius 3 is 2.81 bits per heavy atom. The van der Waals surface area contributed by atoms with Gasteiger partial charge in [-0.25, -0.2) is 0 Å². The van der Waals surface area contributed by atoms with Crippen LogP contribution in [0.5, 0.6) is 0 Å². The molecule has 1 saturated heterocycles. The molecule has 0 aromatic carbocycles. The molecular weight excluding hydrogens is 264 g/mol. The molecule has 0 bridgehead atoms. The van der Waals surface area contributed by atoms with E-state index < -0.39 is 0 Å². The average Bonchev–Trinajstić information content (AvgIpc) is 2.48. The molecule has 0 amide bonds. The van der Waals surface area contributed by atoms with Crippen molar-refractivity contribution in [1.82, 2.24) is 15.1 Å². The van der Waals surface area contributed by atoms with Crippen LogP contribution in [-0.4, -0.2) is 60.0 Å². The van der Waals surface area contributed by atoms with E-state index in [0.29, 0.717) is 11.8 Å². The lowest BCUT2D eigenvalue weighted by atomic mass is 9.97. The van der Waals surface area contributed by atoms with Crippen LogP contribution in [0, 0.1) is 5.92 Å². The first-order valence-electron chi connectivity index (χ1n) is 7.98. The lowest BCUT2D eigenvalue weighted by molar-refractivity contribution is 0.142. The molecule has 2 heterocycles. The number of aromatic nitrogens is 2. The second kappa shape index (κ2) is 7.71. The van der Waals surface area contributed by atoms with E-state index >= 15 is 0 Å². The van der Waals surface area contributed by atoms with E-state index in [2.05, 4.69) is 53.0 Å². The molecule has 0 spiro atoms. The van der Waals surface area contributed by atoms with Crippen LogP contribution in [0.4, 0.5) is 5.82 Å². The number of aliphatic hydroxyl groups excluding tert-OH is 1. The molecule has 1 aromatic rings. The van der Waals surface area contributed by atoms with Gasteiger partial charge in [-0.05, 0) is 43.4 Å². The van der Waals surface area contributed by atoms with E-state index in [-0.39, 0.29) is 6.61 Å². The van der Waals surface area contributed by atoms with Gasteiger partial charge in [0.1, 0.15) is 0 Å². The summed E-state index contributed by atoms with van der Waals surface area (Å²) in [6.45, 7) is 8.49. The molecule has 1 aliphatic heterocycles. The quantitative estimate of drug-likeness (QED) is 0.865. The number of hydrogen-bond acceptors (Lipinski definition) is 5. The molecule has 0 aliphatic carbocycles. The van der Waals surface area contributed by atoms with Crippen LogP contribution >= 0.6 is 0 Å². The van der Waals surface area contributed by atoms with Crippen LogP contribution in [0.1, 0.15) is 38.3 Å². The van der Waals surface area contributed by atoms with Gasteiger partial charge in [-0.2, -0.15) is 5.10 Å². The van der Waals surface area contributed by atoms with Crippen molar-refractivity contribution in [2.75, 3.05) is 44.7 Å². The highest BCUT2D eigenvalue weighted by Gasteiger charge is 2.21. The van der Waals surface area contributed by atoms with Crippen molar-refractivity contribution in [3.05, 3.63) is 17.8 Å². The molecule has 1 aromatic heterocycles. The lowest BCUT2D eigenvalue weighted by Crippen LogP contribution is -2.41. The van der Waals surface area contributed by atoms with Gasteiger partial charge < -0.3 is 14.9 Å². The van der Waals surface area contributed by atoms with E-state index in [1.54, 1.807) is 0 Å². The van der Waals surface area contributed by atoms with Gasteiger partial charge in [-0.15, -0.1) is 5.10 Å². The molecule has 2 rings (SSSR count). The Morgan fingerprint density at radius 1 is 1.38 bits per heavy atom. The Bertz CT molecular complexity index is 419. The highest BCUT2D eigenvalue weighted by molar-refractivity contribution is 5.36. The fourth-order valence-corrected chi connectivity index (χ4v) is 2.97. The van der Waals surface area contributed by atoms with Gasteiger partial charge in [0.15, 0.2) is 5.82 Å². The fraction of sp³-hybridized carbons (Fsp3) is 0.750. The number of aliphatic hydroxyl groups is 1. The predicted molar refractivity (Wildman–Crippen MR) is 85.6 cm³/mol. The topological polar surface area (TPSA) is 52.5 Å². The highest BCUT2D eigenvalue weighted by atomic mass is 16.3. The Hall–Kier alpha value is -1.20. The first-order valence-corrected chi connectivity index (χ1v) is 7.98. The zero-order valence-corrected chi connectivity index (χ0v) is 13.5. The van der Waals surface area contributed by atoms with Crippen molar-refractivity contribution in [3.63, 3.8) is 0 Å². The molecular formula is C16H28N4O. The fourth-order valence-electron chi connectivity index (χ4n) is 2.97. The van der Waals surface area contributed by atoms with E-state index in [4.69, 9.17) is 5.11 Å². The number of piperidine rings is 1. The number of hydrogen-bond donors (Lipinski definition) is 1. The van der Waals surface area contributed by atoms with Crippen molar-refractivity contribution in [3.8, 4) is 0 Å². The molecule has 118 valence electrons. The third-order valence-corrected chi connectivity index (χ3v) is 4.21. The van der Waals surface area contributed by atoms with Crippen molar-refractivity contribution in [2.24, 2.45) is 5.92 Å². The molecule has 1 N–H and O–H groups in total. The Balaban J connectivity index is 1.89. The van der Waals surface area contributed by atoms with Crippen LogP contribution in [0.3, 0.4) is 0 Å². The first-order chi connectivity index (χ1) is 10.1. The minimum atomic E-state index is 0.255. The smallest absolute Gasteiger partial charge is 0.150 e. The second-order valence-corrected chi connectivity index (χ2v) is 6.38. The van der Waals surface area contributed by atoms with Crippen molar-refractivity contribution < 1.29 is 5.11 Å². The van der Waals surface area contributed by atoms with Crippen molar-refractivity contribution in [2.45, 2.75) is 32.6 Å². The summed E-state index contributed by atoms with van der Waals surface area (Å²) < 4.78 is 0. The lowest BCUT2D eigenvalue weighted by Gasteiger charge is -2.34.